The molecule has 0 radical (unpaired) electrons. The molecule has 0 heterocycles. The zero-order chi connectivity index (χ0) is 8.15. The van der Waals surface area contributed by atoms with Crippen LogP contribution in [0.2, 0.25) is 0 Å². The van der Waals surface area contributed by atoms with Gasteiger partial charge in [-0.15, -0.1) is 0 Å². The molecule has 0 aliphatic rings. The Hall–Kier alpha value is -0.170. The molecule has 2 N–H and O–H groups in total. The topological polar surface area (TPSA) is 66.4 Å². The fourth-order valence-corrected chi connectivity index (χ4v) is 1.00. The van der Waals surface area contributed by atoms with Crippen molar-refractivity contribution in [3.8, 4) is 0 Å². The summed E-state index contributed by atoms with van der Waals surface area (Å²) >= 11 is 1.57. The van der Waals surface area contributed by atoms with E-state index >= 15 is 0 Å². The summed E-state index contributed by atoms with van der Waals surface area (Å²) in [5.74, 6) is -0.968. The fourth-order valence-electron chi connectivity index (χ4n) is 0.470. The lowest BCUT2D eigenvalue weighted by molar-refractivity contribution is -0.138. The number of rotatable bonds is 4. The standard InChI is InChI=1S/C5H8INO3/c1-7-3(5(6)10)2-4(8)9/h3,7H,2H2,1H3,(H,8,9). The highest BCUT2D eigenvalue weighted by Crippen LogP contribution is 1.98. The molecule has 0 saturated heterocycles. The van der Waals surface area contributed by atoms with E-state index in [-0.39, 0.29) is 10.2 Å². The summed E-state index contributed by atoms with van der Waals surface area (Å²) in [7, 11) is 1.56. The van der Waals surface area contributed by atoms with Crippen molar-refractivity contribution < 1.29 is 14.7 Å². The molecule has 58 valence electrons. The Morgan fingerprint density at radius 2 is 2.20 bits per heavy atom. The van der Waals surface area contributed by atoms with Crippen molar-refractivity contribution in [1.82, 2.24) is 5.32 Å². The van der Waals surface area contributed by atoms with E-state index in [4.69, 9.17) is 5.11 Å². The molecule has 0 rings (SSSR count). The molecule has 0 aliphatic heterocycles. The maximum absolute atomic E-state index is 10.6. The van der Waals surface area contributed by atoms with Gasteiger partial charge < -0.3 is 10.4 Å². The summed E-state index contributed by atoms with van der Waals surface area (Å²) in [6.45, 7) is 0. The van der Waals surface area contributed by atoms with Crippen LogP contribution in [0, 0.1) is 0 Å². The Morgan fingerprint density at radius 3 is 2.30 bits per heavy atom. The van der Waals surface area contributed by atoms with Gasteiger partial charge in [-0.25, -0.2) is 0 Å². The molecule has 0 fully saturated rings. The molecule has 0 aromatic heterocycles. The van der Waals surface area contributed by atoms with E-state index in [1.807, 2.05) is 0 Å². The molecule has 10 heavy (non-hydrogen) atoms. The lowest BCUT2D eigenvalue weighted by Crippen LogP contribution is -2.32. The second-order valence-electron chi connectivity index (χ2n) is 1.74. The first kappa shape index (κ1) is 9.83. The van der Waals surface area contributed by atoms with Gasteiger partial charge in [0.05, 0.1) is 12.5 Å². The van der Waals surface area contributed by atoms with Gasteiger partial charge in [-0.2, -0.15) is 0 Å². The SMILES string of the molecule is CNC(CC(=O)O)C(=O)I. The Kier molecular flexibility index (Phi) is 4.54. The van der Waals surface area contributed by atoms with Gasteiger partial charge in [-0.05, 0) is 7.05 Å². The average Bonchev–Trinajstić information content (AvgIpc) is 1.81. The van der Waals surface area contributed by atoms with Crippen molar-refractivity contribution in [2.75, 3.05) is 7.05 Å². The quantitative estimate of drug-likeness (QED) is 0.550. The second-order valence-corrected chi connectivity index (χ2v) is 2.81. The van der Waals surface area contributed by atoms with E-state index in [9.17, 15) is 9.59 Å². The van der Waals surface area contributed by atoms with Crippen LogP contribution in [0.1, 0.15) is 6.42 Å². The van der Waals surface area contributed by atoms with Crippen LogP contribution >= 0.6 is 22.6 Å². The van der Waals surface area contributed by atoms with Gasteiger partial charge in [0.15, 0.2) is 0 Å². The molecule has 0 saturated carbocycles. The first-order chi connectivity index (χ1) is 4.57. The maximum Gasteiger partial charge on any atom is 0.305 e. The zero-order valence-electron chi connectivity index (χ0n) is 5.43. The van der Waals surface area contributed by atoms with E-state index in [0.717, 1.165) is 0 Å². The largest absolute Gasteiger partial charge is 0.481 e. The maximum atomic E-state index is 10.6. The second kappa shape index (κ2) is 4.62. The predicted octanol–water partition coefficient (Wildman–Crippen LogP) is 0.0107. The monoisotopic (exact) mass is 257 g/mol. The minimum absolute atomic E-state index is 0.154. The lowest BCUT2D eigenvalue weighted by atomic mass is 10.2. The summed E-state index contributed by atoms with van der Waals surface area (Å²) in [5, 5.41) is 10.9. The highest BCUT2D eigenvalue weighted by atomic mass is 127. The number of likely N-dealkylation sites (N-methyl/N-ethyl adjacent to an activating group) is 1. The highest BCUT2D eigenvalue weighted by Gasteiger charge is 2.16. The van der Waals surface area contributed by atoms with Crippen molar-refractivity contribution in [2.24, 2.45) is 0 Å². The predicted molar refractivity (Wildman–Crippen MR) is 44.1 cm³/mol. The van der Waals surface area contributed by atoms with Crippen LogP contribution in [-0.4, -0.2) is 28.0 Å². The summed E-state index contributed by atoms with van der Waals surface area (Å²) in [4.78, 5) is 20.6. The van der Waals surface area contributed by atoms with Crippen LogP contribution in [0.5, 0.6) is 0 Å². The fraction of sp³-hybridized carbons (Fsp3) is 0.600. The van der Waals surface area contributed by atoms with E-state index < -0.39 is 12.0 Å². The summed E-state index contributed by atoms with van der Waals surface area (Å²) in [5.41, 5.74) is 0. The van der Waals surface area contributed by atoms with Crippen LogP contribution in [0.4, 0.5) is 0 Å². The lowest BCUT2D eigenvalue weighted by Gasteiger charge is -2.06. The number of carboxylic acids is 1. The molecule has 1 atom stereocenters. The Bertz CT molecular complexity index is 148. The van der Waals surface area contributed by atoms with Gasteiger partial charge in [-0.3, -0.25) is 9.59 Å². The van der Waals surface area contributed by atoms with Crippen molar-refractivity contribution >= 4 is 32.4 Å². The zero-order valence-corrected chi connectivity index (χ0v) is 7.58. The number of nitrogens with one attached hydrogen (secondary N) is 1. The van der Waals surface area contributed by atoms with Gasteiger partial charge in [-0.1, -0.05) is 0 Å². The Labute approximate surface area is 72.1 Å². The van der Waals surface area contributed by atoms with Crippen molar-refractivity contribution in [3.63, 3.8) is 0 Å². The molecule has 0 aliphatic carbocycles. The summed E-state index contributed by atoms with van der Waals surface area (Å²) in [6, 6.07) is -0.557. The van der Waals surface area contributed by atoms with Crippen molar-refractivity contribution in [2.45, 2.75) is 12.5 Å². The summed E-state index contributed by atoms with van der Waals surface area (Å²) in [6.07, 6.45) is -0.154. The third kappa shape index (κ3) is 3.78. The summed E-state index contributed by atoms with van der Waals surface area (Å²) < 4.78 is -0.178. The van der Waals surface area contributed by atoms with Gasteiger partial charge in [0.1, 0.15) is 0 Å². The van der Waals surface area contributed by atoms with Gasteiger partial charge >= 0.3 is 5.97 Å². The van der Waals surface area contributed by atoms with Gasteiger partial charge in [0, 0.05) is 22.6 Å². The minimum Gasteiger partial charge on any atom is -0.481 e. The molecule has 0 aromatic rings. The third-order valence-electron chi connectivity index (χ3n) is 1.00. The van der Waals surface area contributed by atoms with Crippen LogP contribution in [0.15, 0.2) is 0 Å². The molecule has 5 heteroatoms. The van der Waals surface area contributed by atoms with E-state index in [1.54, 1.807) is 29.6 Å². The normalized spacial score (nSPS) is 12.6. The molecular weight excluding hydrogens is 249 g/mol. The van der Waals surface area contributed by atoms with Crippen LogP contribution < -0.4 is 5.32 Å². The molecule has 0 aromatic carbocycles. The minimum atomic E-state index is -0.968. The number of carbonyl (C=O) groups is 2. The number of carboxylic acid groups (broad SMARTS) is 1. The Morgan fingerprint density at radius 1 is 1.70 bits per heavy atom. The van der Waals surface area contributed by atoms with Crippen LogP contribution in [0.3, 0.4) is 0 Å². The number of aliphatic carboxylic acids is 1. The number of halogens is 1. The average molecular weight is 257 g/mol. The Balaban J connectivity index is 3.83. The number of hydrogen-bond acceptors (Lipinski definition) is 3. The first-order valence-electron chi connectivity index (χ1n) is 2.66. The van der Waals surface area contributed by atoms with E-state index in [2.05, 4.69) is 5.32 Å². The van der Waals surface area contributed by atoms with Crippen molar-refractivity contribution in [3.05, 3.63) is 0 Å². The molecule has 1 unspecified atom stereocenters. The molecule has 0 bridgehead atoms. The highest BCUT2D eigenvalue weighted by molar-refractivity contribution is 14.1. The van der Waals surface area contributed by atoms with Crippen LogP contribution in [-0.2, 0) is 9.59 Å². The number of hydrogen-bond donors (Lipinski definition) is 2. The molecule has 4 nitrogen and oxygen atoms in total. The first-order valence-corrected chi connectivity index (χ1v) is 3.74. The smallest absolute Gasteiger partial charge is 0.305 e. The van der Waals surface area contributed by atoms with E-state index in [0.29, 0.717) is 0 Å². The molecule has 0 amide bonds. The number of carbonyl (C=O) groups excluding carboxylic acids is 1. The van der Waals surface area contributed by atoms with E-state index in [1.165, 1.54) is 0 Å². The molecule has 0 spiro atoms. The van der Waals surface area contributed by atoms with Gasteiger partial charge in [0.2, 0.25) is 3.79 Å². The van der Waals surface area contributed by atoms with Crippen molar-refractivity contribution in [1.29, 1.82) is 0 Å². The van der Waals surface area contributed by atoms with Crippen LogP contribution in [0.25, 0.3) is 0 Å². The third-order valence-corrected chi connectivity index (χ3v) is 1.75. The molecular formula is C5H8INO3. The van der Waals surface area contributed by atoms with Gasteiger partial charge in [0.25, 0.3) is 0 Å².